The third kappa shape index (κ3) is 8.98. The second-order valence-corrected chi connectivity index (χ2v) is 31.2. The predicted molar refractivity (Wildman–Crippen MR) is 421 cm³/mol. The van der Waals surface area contributed by atoms with E-state index in [4.69, 9.17) is 0 Å². The molecule has 0 N–H and O–H groups in total. The molecule has 0 spiro atoms. The van der Waals surface area contributed by atoms with Crippen LogP contribution in [-0.4, -0.2) is 15.8 Å². The molecule has 0 atom stereocenters. The van der Waals surface area contributed by atoms with Crippen LogP contribution in [0.25, 0.3) is 99.5 Å². The molecule has 15 aromatic rings. The zero-order valence-electron chi connectivity index (χ0n) is 57.8. The van der Waals surface area contributed by atoms with Crippen molar-refractivity contribution < 1.29 is 0 Å². The standard InChI is InChI=1S/C94H79BN4/c1-91(2)52-54-93(5,6)74-56-60(44-48-72(74)91)64-26-9-19-36-80(64)98-86-50-46-62(66-28-11-17-34-78(66)96-82-38-21-13-30-68(82)69-31-14-22-39-83(69)96)58-76(86)95-77-59-63(67-29-12-18-35-79(67)97-84-40-23-15-32-70(84)71-33-16-24-41-85(71)97)47-51-87(77)99(89-43-25-42-88(98)90(89)95)81-37-20-10-27-65(81)61-45-49-73-75(57-61)94(7,8)55-53-92(73,3)4/h9-51,56-59H,52-55H2,1-8H3. The van der Waals surface area contributed by atoms with Gasteiger partial charge in [0, 0.05) is 66.5 Å². The van der Waals surface area contributed by atoms with Crippen molar-refractivity contribution in [3.05, 3.63) is 307 Å². The Balaban J connectivity index is 0.893. The van der Waals surface area contributed by atoms with Crippen LogP contribution in [-0.2, 0) is 21.7 Å². The molecule has 13 aromatic carbocycles. The zero-order valence-corrected chi connectivity index (χ0v) is 57.8. The number of hydrogen-bond donors (Lipinski definition) is 0. The Hall–Kier alpha value is -10.9. The Bertz CT molecular complexity index is 5410. The molecule has 0 amide bonds. The number of para-hydroxylation sites is 8. The highest BCUT2D eigenvalue weighted by Gasteiger charge is 2.46. The summed E-state index contributed by atoms with van der Waals surface area (Å²) >= 11 is 0. The number of benzene rings is 13. The lowest BCUT2D eigenvalue weighted by molar-refractivity contribution is 0.332. The molecule has 2 aromatic heterocycles. The third-order valence-corrected chi connectivity index (χ3v) is 23.7. The summed E-state index contributed by atoms with van der Waals surface area (Å²) in [7, 11) is 0. The minimum Gasteiger partial charge on any atom is -0.311 e. The van der Waals surface area contributed by atoms with Crippen molar-refractivity contribution in [2.45, 2.75) is 103 Å². The number of fused-ring (bicyclic) bond motifs is 12. The van der Waals surface area contributed by atoms with Gasteiger partial charge in [-0.25, -0.2) is 0 Å². The fraction of sp³-hybridized carbons (Fsp3) is 0.170. The lowest BCUT2D eigenvalue weighted by atomic mass is 9.33. The van der Waals surface area contributed by atoms with Gasteiger partial charge in [-0.05, 0) is 181 Å². The van der Waals surface area contributed by atoms with Gasteiger partial charge in [-0.1, -0.05) is 268 Å². The quantitative estimate of drug-likeness (QED) is 0.141. The highest BCUT2D eigenvalue weighted by molar-refractivity contribution is 7.00. The molecule has 0 fully saturated rings. The second-order valence-electron chi connectivity index (χ2n) is 31.2. The minimum atomic E-state index is -0.202. The number of nitrogens with zero attached hydrogens (tertiary/aromatic N) is 4. The highest BCUT2D eigenvalue weighted by Crippen LogP contribution is 2.54. The number of rotatable bonds is 8. The summed E-state index contributed by atoms with van der Waals surface area (Å²) in [5.74, 6) is 0. The Morgan fingerprint density at radius 3 is 0.899 bits per heavy atom. The van der Waals surface area contributed by atoms with Crippen LogP contribution in [0.1, 0.15) is 103 Å². The first-order valence-electron chi connectivity index (χ1n) is 35.8. The van der Waals surface area contributed by atoms with E-state index in [0.717, 1.165) is 35.6 Å². The maximum atomic E-state index is 2.64. The molecule has 0 bridgehead atoms. The van der Waals surface area contributed by atoms with Gasteiger partial charge in [0.1, 0.15) is 0 Å². The number of hydrogen-bond acceptors (Lipinski definition) is 2. The number of anilines is 6. The number of aromatic nitrogens is 2. The van der Waals surface area contributed by atoms with Gasteiger partial charge >= 0.3 is 0 Å². The van der Waals surface area contributed by atoms with Gasteiger partial charge < -0.3 is 18.9 Å². The molecular weight excluding hydrogens is 1200 g/mol. The van der Waals surface area contributed by atoms with Crippen LogP contribution in [0.2, 0.25) is 0 Å². The van der Waals surface area contributed by atoms with E-state index in [1.54, 1.807) is 0 Å². The van der Waals surface area contributed by atoms with E-state index < -0.39 is 0 Å². The molecule has 2 aliphatic heterocycles. The largest absolute Gasteiger partial charge is 0.311 e. The van der Waals surface area contributed by atoms with E-state index in [9.17, 15) is 0 Å². The maximum absolute atomic E-state index is 2.64. The smallest absolute Gasteiger partial charge is 0.252 e. The maximum Gasteiger partial charge on any atom is 0.252 e. The lowest BCUT2D eigenvalue weighted by Gasteiger charge is -2.45. The SMILES string of the molecule is CC1(C)CCC(C)(C)c2cc(-c3ccccc3N3c4ccc(-c5ccccc5-n5c6ccccc6c6ccccc65)cc4B4c5cc(-c6ccccc6-n6c7ccccc7c7ccccc76)ccc5N(c5ccccc5-c5ccc6c(c5)C(C)(C)CCC6(C)C)c5cccc3c54)ccc21. The van der Waals surface area contributed by atoms with Crippen molar-refractivity contribution in [2.75, 3.05) is 9.80 Å². The molecule has 4 heterocycles. The van der Waals surface area contributed by atoms with Gasteiger partial charge in [-0.15, -0.1) is 0 Å². The molecule has 5 heteroatoms. The van der Waals surface area contributed by atoms with E-state index in [1.807, 2.05) is 0 Å². The molecule has 2 aliphatic carbocycles. The van der Waals surface area contributed by atoms with Gasteiger partial charge in [0.05, 0.1) is 44.8 Å². The summed E-state index contributed by atoms with van der Waals surface area (Å²) in [4.78, 5) is 5.28. The average Bonchev–Trinajstić information content (AvgIpc) is 1.41. The van der Waals surface area contributed by atoms with Gasteiger partial charge in [0.2, 0.25) is 0 Å². The van der Waals surface area contributed by atoms with Crippen LogP contribution in [0.3, 0.4) is 0 Å². The van der Waals surface area contributed by atoms with Gasteiger partial charge in [0.15, 0.2) is 0 Å². The first-order valence-corrected chi connectivity index (χ1v) is 35.8. The van der Waals surface area contributed by atoms with Crippen molar-refractivity contribution in [3.63, 3.8) is 0 Å². The van der Waals surface area contributed by atoms with Crippen molar-refractivity contribution in [1.29, 1.82) is 0 Å². The highest BCUT2D eigenvalue weighted by atomic mass is 15.2. The van der Waals surface area contributed by atoms with Crippen molar-refractivity contribution >= 4 is 101 Å². The predicted octanol–water partition coefficient (Wildman–Crippen LogP) is 23.3. The Morgan fingerprint density at radius 1 is 0.242 bits per heavy atom. The summed E-state index contributed by atoms with van der Waals surface area (Å²) in [6, 6.07) is 109. The molecule has 0 saturated heterocycles. The molecule has 19 rings (SSSR count). The molecule has 99 heavy (non-hydrogen) atoms. The molecule has 4 aliphatic rings. The third-order valence-electron chi connectivity index (χ3n) is 23.7. The minimum absolute atomic E-state index is 0.0348. The van der Waals surface area contributed by atoms with E-state index in [1.165, 1.54) is 162 Å². The zero-order chi connectivity index (χ0) is 66.8. The Kier molecular flexibility index (Phi) is 13.1. The summed E-state index contributed by atoms with van der Waals surface area (Å²) in [5, 5.41) is 4.99. The summed E-state index contributed by atoms with van der Waals surface area (Å²) in [5.41, 5.74) is 33.6. The van der Waals surface area contributed by atoms with E-state index in [-0.39, 0.29) is 28.4 Å². The summed E-state index contributed by atoms with van der Waals surface area (Å²) in [6.07, 6.45) is 4.63. The van der Waals surface area contributed by atoms with Crippen LogP contribution in [0, 0.1) is 0 Å². The molecule has 4 nitrogen and oxygen atoms in total. The van der Waals surface area contributed by atoms with Gasteiger partial charge in [-0.2, -0.15) is 0 Å². The second kappa shape index (κ2) is 21.8. The Labute approximate surface area is 582 Å². The fourth-order valence-electron chi connectivity index (χ4n) is 18.3. The first-order chi connectivity index (χ1) is 48.1. The monoisotopic (exact) mass is 1270 g/mol. The van der Waals surface area contributed by atoms with Gasteiger partial charge in [-0.3, -0.25) is 0 Å². The van der Waals surface area contributed by atoms with Crippen LogP contribution in [0.15, 0.2) is 285 Å². The normalized spacial score (nSPS) is 16.0. The van der Waals surface area contributed by atoms with Crippen LogP contribution < -0.4 is 26.2 Å². The summed E-state index contributed by atoms with van der Waals surface area (Å²) < 4.78 is 4.99. The molecule has 478 valence electrons. The van der Waals surface area contributed by atoms with E-state index in [0.29, 0.717) is 0 Å². The van der Waals surface area contributed by atoms with Crippen molar-refractivity contribution in [3.8, 4) is 55.9 Å². The van der Waals surface area contributed by atoms with E-state index in [2.05, 4.69) is 359 Å². The molecule has 0 radical (unpaired) electrons. The summed E-state index contributed by atoms with van der Waals surface area (Å²) in [6.45, 7) is 19.4. The van der Waals surface area contributed by atoms with Gasteiger partial charge in [0.25, 0.3) is 6.71 Å². The Morgan fingerprint density at radius 2 is 0.525 bits per heavy atom. The van der Waals surface area contributed by atoms with Crippen molar-refractivity contribution in [1.82, 2.24) is 9.13 Å². The first kappa shape index (κ1) is 59.4. The lowest BCUT2D eigenvalue weighted by Crippen LogP contribution is -2.61. The van der Waals surface area contributed by atoms with Crippen LogP contribution in [0.4, 0.5) is 34.1 Å². The molecule has 0 saturated carbocycles. The average molecular weight is 1280 g/mol. The van der Waals surface area contributed by atoms with E-state index >= 15 is 0 Å². The van der Waals surface area contributed by atoms with Crippen molar-refractivity contribution in [2.24, 2.45) is 0 Å². The van der Waals surface area contributed by atoms with Crippen LogP contribution >= 0.6 is 0 Å². The fourth-order valence-corrected chi connectivity index (χ4v) is 18.3. The van der Waals surface area contributed by atoms with Crippen LogP contribution in [0.5, 0.6) is 0 Å². The molecule has 0 unspecified atom stereocenters. The molecular formula is C94H79BN4. The topological polar surface area (TPSA) is 16.3 Å².